The monoisotopic (exact) mass is 404 g/mol. The number of ether oxygens (including phenoxy) is 1. The van der Waals surface area contributed by atoms with Gasteiger partial charge in [-0.2, -0.15) is 13.2 Å². The molecule has 0 saturated heterocycles. The number of fused-ring (bicyclic) bond motifs is 1. The lowest BCUT2D eigenvalue weighted by Crippen LogP contribution is -2.06. The zero-order chi connectivity index (χ0) is 19.9. The minimum Gasteiger partial charge on any atom is -0.481 e. The van der Waals surface area contributed by atoms with Crippen LogP contribution in [0.2, 0.25) is 5.02 Å². The number of imidazole rings is 1. The molecule has 4 aromatic rings. The summed E-state index contributed by atoms with van der Waals surface area (Å²) in [4.78, 5) is 12.8. The highest BCUT2D eigenvalue weighted by atomic mass is 35.5. The van der Waals surface area contributed by atoms with Crippen molar-refractivity contribution in [1.82, 2.24) is 19.5 Å². The molecule has 0 unspecified atom stereocenters. The number of pyridine rings is 2. The van der Waals surface area contributed by atoms with Crippen molar-refractivity contribution in [2.45, 2.75) is 6.18 Å². The summed E-state index contributed by atoms with van der Waals surface area (Å²) in [5.41, 5.74) is 0.699. The molecular formula is C19H12ClF3N4O. The Labute approximate surface area is 162 Å². The van der Waals surface area contributed by atoms with Crippen LogP contribution in [-0.4, -0.2) is 26.6 Å². The Morgan fingerprint density at radius 1 is 1.07 bits per heavy atom. The topological polar surface area (TPSA) is 52.8 Å². The molecule has 5 nitrogen and oxygen atoms in total. The van der Waals surface area contributed by atoms with Crippen molar-refractivity contribution < 1.29 is 17.9 Å². The summed E-state index contributed by atoms with van der Waals surface area (Å²) in [6.45, 7) is 0. The quantitative estimate of drug-likeness (QED) is 0.473. The van der Waals surface area contributed by atoms with Crippen LogP contribution >= 0.6 is 11.6 Å². The number of nitrogens with zero attached hydrogens (tertiary/aromatic N) is 4. The van der Waals surface area contributed by atoms with Crippen molar-refractivity contribution in [1.29, 1.82) is 0 Å². The van der Waals surface area contributed by atoms with Crippen LogP contribution < -0.4 is 4.74 Å². The van der Waals surface area contributed by atoms with Gasteiger partial charge in [-0.25, -0.2) is 9.97 Å². The highest BCUT2D eigenvalue weighted by Crippen LogP contribution is 2.38. The zero-order valence-corrected chi connectivity index (χ0v) is 15.2. The number of aromatic nitrogens is 4. The third-order valence-electron chi connectivity index (χ3n) is 4.13. The van der Waals surface area contributed by atoms with Crippen LogP contribution in [0.3, 0.4) is 0 Å². The molecule has 0 aliphatic carbocycles. The summed E-state index contributed by atoms with van der Waals surface area (Å²) >= 11 is 5.94. The van der Waals surface area contributed by atoms with Crippen molar-refractivity contribution in [3.63, 3.8) is 0 Å². The third-order valence-corrected chi connectivity index (χ3v) is 4.44. The molecule has 4 rings (SSSR count). The van der Waals surface area contributed by atoms with E-state index in [1.54, 1.807) is 41.1 Å². The number of alkyl halides is 3. The van der Waals surface area contributed by atoms with E-state index in [2.05, 4.69) is 15.0 Å². The fourth-order valence-electron chi connectivity index (χ4n) is 2.87. The highest BCUT2D eigenvalue weighted by molar-refractivity contribution is 6.32. The number of hydrogen-bond acceptors (Lipinski definition) is 4. The average molecular weight is 405 g/mol. The van der Waals surface area contributed by atoms with E-state index in [0.29, 0.717) is 28.6 Å². The van der Waals surface area contributed by atoms with Gasteiger partial charge in [-0.15, -0.1) is 0 Å². The van der Waals surface area contributed by atoms with Gasteiger partial charge in [0.1, 0.15) is 5.69 Å². The first-order valence-corrected chi connectivity index (χ1v) is 8.47. The van der Waals surface area contributed by atoms with E-state index >= 15 is 0 Å². The molecule has 0 fully saturated rings. The summed E-state index contributed by atoms with van der Waals surface area (Å²) in [6, 6.07) is 10.8. The number of rotatable bonds is 3. The Morgan fingerprint density at radius 2 is 1.89 bits per heavy atom. The first-order valence-electron chi connectivity index (χ1n) is 8.09. The smallest absolute Gasteiger partial charge is 0.417 e. The maximum absolute atomic E-state index is 13.3. The summed E-state index contributed by atoms with van der Waals surface area (Å²) in [5.74, 6) is 0.780. The van der Waals surface area contributed by atoms with Gasteiger partial charge in [-0.05, 0) is 30.3 Å². The molecule has 142 valence electrons. The first-order chi connectivity index (χ1) is 13.4. The number of benzene rings is 1. The van der Waals surface area contributed by atoms with Crippen molar-refractivity contribution in [3.8, 4) is 23.1 Å². The van der Waals surface area contributed by atoms with Crippen LogP contribution in [0.5, 0.6) is 5.88 Å². The lowest BCUT2D eigenvalue weighted by molar-refractivity contribution is -0.137. The van der Waals surface area contributed by atoms with E-state index in [1.807, 2.05) is 0 Å². The van der Waals surface area contributed by atoms with Crippen LogP contribution in [0.15, 0.2) is 54.9 Å². The summed E-state index contributed by atoms with van der Waals surface area (Å²) < 4.78 is 46.5. The Kier molecular flexibility index (Phi) is 4.43. The molecule has 0 N–H and O–H groups in total. The van der Waals surface area contributed by atoms with Crippen LogP contribution in [0, 0.1) is 0 Å². The van der Waals surface area contributed by atoms with E-state index < -0.39 is 16.8 Å². The van der Waals surface area contributed by atoms with Crippen molar-refractivity contribution in [2.75, 3.05) is 7.11 Å². The Balaban J connectivity index is 2.02. The van der Waals surface area contributed by atoms with Crippen molar-refractivity contribution >= 4 is 22.6 Å². The van der Waals surface area contributed by atoms with Crippen LogP contribution in [-0.2, 0) is 6.18 Å². The van der Waals surface area contributed by atoms with Gasteiger partial charge >= 0.3 is 6.18 Å². The molecule has 1 aromatic carbocycles. The second-order valence-electron chi connectivity index (χ2n) is 5.86. The van der Waals surface area contributed by atoms with Crippen molar-refractivity contribution in [3.05, 3.63) is 65.4 Å². The largest absolute Gasteiger partial charge is 0.481 e. The molecule has 3 aromatic heterocycles. The lowest BCUT2D eigenvalue weighted by atomic mass is 10.2. The average Bonchev–Trinajstić information content (AvgIpc) is 3.05. The van der Waals surface area contributed by atoms with Gasteiger partial charge < -0.3 is 4.74 Å². The van der Waals surface area contributed by atoms with Gasteiger partial charge in [0.15, 0.2) is 5.82 Å². The van der Waals surface area contributed by atoms with Gasteiger partial charge in [0, 0.05) is 12.3 Å². The summed E-state index contributed by atoms with van der Waals surface area (Å²) in [6.07, 6.45) is -1.46. The fraction of sp³-hybridized carbons (Fsp3) is 0.105. The molecule has 28 heavy (non-hydrogen) atoms. The van der Waals surface area contributed by atoms with Gasteiger partial charge in [-0.3, -0.25) is 9.55 Å². The molecule has 0 saturated carbocycles. The second-order valence-corrected chi connectivity index (χ2v) is 6.27. The van der Waals surface area contributed by atoms with E-state index in [0.717, 1.165) is 6.07 Å². The Bertz CT molecular complexity index is 1140. The Morgan fingerprint density at radius 3 is 2.50 bits per heavy atom. The maximum Gasteiger partial charge on any atom is 0.417 e. The fourth-order valence-corrected chi connectivity index (χ4v) is 3.13. The molecule has 9 heteroatoms. The Hall–Kier alpha value is -3.13. The minimum atomic E-state index is -4.58. The van der Waals surface area contributed by atoms with E-state index in [9.17, 15) is 13.2 Å². The van der Waals surface area contributed by atoms with Gasteiger partial charge in [0.05, 0.1) is 40.6 Å². The molecule has 0 amide bonds. The summed E-state index contributed by atoms with van der Waals surface area (Å²) in [7, 11) is 1.49. The van der Waals surface area contributed by atoms with E-state index in [-0.39, 0.29) is 5.52 Å². The van der Waals surface area contributed by atoms with Crippen LogP contribution in [0.4, 0.5) is 13.2 Å². The zero-order valence-electron chi connectivity index (χ0n) is 14.4. The molecule has 0 atom stereocenters. The normalized spacial score (nSPS) is 11.8. The maximum atomic E-state index is 13.3. The van der Waals surface area contributed by atoms with E-state index in [4.69, 9.17) is 16.3 Å². The number of hydrogen-bond donors (Lipinski definition) is 0. The first kappa shape index (κ1) is 18.2. The van der Waals surface area contributed by atoms with Crippen LogP contribution in [0.1, 0.15) is 5.56 Å². The van der Waals surface area contributed by atoms with E-state index in [1.165, 1.54) is 19.4 Å². The molecule has 0 aliphatic rings. The van der Waals surface area contributed by atoms with Gasteiger partial charge in [0.2, 0.25) is 5.88 Å². The molecule has 0 bridgehead atoms. The lowest BCUT2D eigenvalue weighted by Gasteiger charge is -2.11. The molecule has 0 aliphatic heterocycles. The molecule has 0 spiro atoms. The SMILES string of the molecule is COc1ccc(-n2c(-c3ccccn3)nc3cc(C(F)(F)F)c(Cl)cc32)cn1. The van der Waals surface area contributed by atoms with Gasteiger partial charge in [0.25, 0.3) is 0 Å². The highest BCUT2D eigenvalue weighted by Gasteiger charge is 2.34. The molecule has 0 radical (unpaired) electrons. The van der Waals surface area contributed by atoms with Gasteiger partial charge in [-0.1, -0.05) is 17.7 Å². The number of methoxy groups -OCH3 is 1. The standard InChI is InChI=1S/C19H12ClF3N4O/c1-28-17-6-5-11(10-25-17)27-16-9-13(20)12(19(21,22)23)8-15(16)26-18(27)14-4-2-3-7-24-14/h2-10H,1H3. The predicted molar refractivity (Wildman–Crippen MR) is 98.7 cm³/mol. The molecular weight excluding hydrogens is 393 g/mol. The third kappa shape index (κ3) is 3.16. The summed E-state index contributed by atoms with van der Waals surface area (Å²) in [5, 5.41) is -0.407. The second kappa shape index (κ2) is 6.79. The predicted octanol–water partition coefficient (Wildman–Crippen LogP) is 5.16. The molecule has 3 heterocycles. The number of halogens is 4. The van der Waals surface area contributed by atoms with Crippen molar-refractivity contribution in [2.24, 2.45) is 0 Å². The minimum absolute atomic E-state index is 0.146. The van der Waals surface area contributed by atoms with Crippen LogP contribution in [0.25, 0.3) is 28.2 Å².